The zero-order valence-corrected chi connectivity index (χ0v) is 8.28. The number of methoxy groups -OCH3 is 1. The van der Waals surface area contributed by atoms with Gasteiger partial charge < -0.3 is 15.8 Å². The van der Waals surface area contributed by atoms with Crippen LogP contribution in [0.3, 0.4) is 0 Å². The van der Waals surface area contributed by atoms with Crippen molar-refractivity contribution in [3.8, 4) is 11.8 Å². The lowest BCUT2D eigenvalue weighted by Gasteiger charge is -2.09. The maximum Gasteiger partial charge on any atom is 0.238 e. The van der Waals surface area contributed by atoms with Gasteiger partial charge in [0, 0.05) is 6.07 Å². The first-order valence-corrected chi connectivity index (χ1v) is 4.29. The molecule has 1 rings (SSSR count). The number of carbonyl (C=O) groups excluding carboxylic acids is 1. The van der Waals surface area contributed by atoms with Gasteiger partial charge in [-0.1, -0.05) is 0 Å². The van der Waals surface area contributed by atoms with E-state index in [0.717, 1.165) is 0 Å². The van der Waals surface area contributed by atoms with E-state index in [1.165, 1.54) is 7.11 Å². The predicted molar refractivity (Wildman–Crippen MR) is 55.4 cm³/mol. The van der Waals surface area contributed by atoms with Crippen LogP contribution in [0.5, 0.6) is 5.75 Å². The van der Waals surface area contributed by atoms with Crippen LogP contribution >= 0.6 is 0 Å². The van der Waals surface area contributed by atoms with Gasteiger partial charge in [0.1, 0.15) is 5.75 Å². The van der Waals surface area contributed by atoms with Crippen molar-refractivity contribution in [3.05, 3.63) is 23.8 Å². The zero-order chi connectivity index (χ0) is 11.3. The van der Waals surface area contributed by atoms with Crippen LogP contribution in [0.4, 0.5) is 5.69 Å². The third kappa shape index (κ3) is 2.69. The summed E-state index contributed by atoms with van der Waals surface area (Å²) in [6.45, 7) is -0.0941. The highest BCUT2D eigenvalue weighted by atomic mass is 16.5. The first-order chi connectivity index (χ1) is 7.21. The van der Waals surface area contributed by atoms with E-state index in [1.807, 2.05) is 6.07 Å². The van der Waals surface area contributed by atoms with Crippen LogP contribution in [0.25, 0.3) is 0 Å². The van der Waals surface area contributed by atoms with Gasteiger partial charge in [0.2, 0.25) is 5.91 Å². The third-order valence-electron chi connectivity index (χ3n) is 1.79. The molecule has 3 N–H and O–H groups in total. The number of amides is 1. The van der Waals surface area contributed by atoms with Crippen molar-refractivity contribution < 1.29 is 9.53 Å². The van der Waals surface area contributed by atoms with E-state index in [9.17, 15) is 4.79 Å². The Morgan fingerprint density at radius 2 is 2.40 bits per heavy atom. The Bertz CT molecular complexity index is 410. The minimum Gasteiger partial charge on any atom is -0.495 e. The normalized spacial score (nSPS) is 9.13. The van der Waals surface area contributed by atoms with Gasteiger partial charge in [-0.15, -0.1) is 0 Å². The molecule has 0 aliphatic carbocycles. The summed E-state index contributed by atoms with van der Waals surface area (Å²) in [5.41, 5.74) is 6.14. The molecule has 1 aromatic carbocycles. The summed E-state index contributed by atoms with van der Waals surface area (Å²) >= 11 is 0. The first-order valence-electron chi connectivity index (χ1n) is 4.29. The molecule has 0 bridgehead atoms. The molecule has 0 heterocycles. The van der Waals surface area contributed by atoms with Crippen LogP contribution in [-0.4, -0.2) is 19.6 Å². The fourth-order valence-corrected chi connectivity index (χ4v) is 1.07. The summed E-state index contributed by atoms with van der Waals surface area (Å²) in [5, 5.41) is 11.2. The summed E-state index contributed by atoms with van der Waals surface area (Å²) in [6.07, 6.45) is 0. The smallest absolute Gasteiger partial charge is 0.238 e. The summed E-state index contributed by atoms with van der Waals surface area (Å²) in [5.74, 6) is 0.133. The molecule has 0 fully saturated rings. The molecule has 5 nitrogen and oxygen atoms in total. The Morgan fingerprint density at radius 3 is 2.93 bits per heavy atom. The predicted octanol–water partition coefficient (Wildman–Crippen LogP) is 0.464. The van der Waals surface area contributed by atoms with Gasteiger partial charge >= 0.3 is 0 Å². The van der Waals surface area contributed by atoms with Crippen molar-refractivity contribution in [2.45, 2.75) is 0 Å². The van der Waals surface area contributed by atoms with Crippen molar-refractivity contribution in [2.24, 2.45) is 5.73 Å². The molecule has 15 heavy (non-hydrogen) atoms. The molecule has 1 aromatic rings. The summed E-state index contributed by atoms with van der Waals surface area (Å²) in [7, 11) is 1.47. The van der Waals surface area contributed by atoms with E-state index in [1.54, 1.807) is 18.2 Å². The second-order valence-electron chi connectivity index (χ2n) is 2.78. The SMILES string of the molecule is COc1cc(C#N)ccc1NC(=O)CN. The Labute approximate surface area is 87.4 Å². The molecule has 0 atom stereocenters. The number of benzene rings is 1. The number of carbonyl (C=O) groups is 1. The maximum absolute atomic E-state index is 11.0. The van der Waals surface area contributed by atoms with Crippen LogP contribution < -0.4 is 15.8 Å². The van der Waals surface area contributed by atoms with Crippen LogP contribution in [0.2, 0.25) is 0 Å². The van der Waals surface area contributed by atoms with Crippen LogP contribution in [-0.2, 0) is 4.79 Å². The van der Waals surface area contributed by atoms with E-state index in [-0.39, 0.29) is 12.5 Å². The number of hydrogen-bond donors (Lipinski definition) is 2. The van der Waals surface area contributed by atoms with Crippen LogP contribution in [0.1, 0.15) is 5.56 Å². The summed E-state index contributed by atoms with van der Waals surface area (Å²) in [4.78, 5) is 11.0. The quantitative estimate of drug-likeness (QED) is 0.750. The molecule has 0 aliphatic heterocycles. The molecule has 5 heteroatoms. The highest BCUT2D eigenvalue weighted by Gasteiger charge is 2.06. The van der Waals surface area contributed by atoms with E-state index in [2.05, 4.69) is 5.32 Å². The molecule has 0 spiro atoms. The van der Waals surface area contributed by atoms with Crippen molar-refractivity contribution >= 4 is 11.6 Å². The van der Waals surface area contributed by atoms with Gasteiger partial charge in [0.05, 0.1) is 31.0 Å². The minimum atomic E-state index is -0.307. The fraction of sp³-hybridized carbons (Fsp3) is 0.200. The number of ether oxygens (including phenoxy) is 1. The number of nitrogens with one attached hydrogen (secondary N) is 1. The van der Waals surface area contributed by atoms with Gasteiger partial charge in [0.15, 0.2) is 0 Å². The molecule has 0 aliphatic rings. The number of hydrogen-bond acceptors (Lipinski definition) is 4. The Morgan fingerprint density at radius 1 is 1.67 bits per heavy atom. The molecular formula is C10H11N3O2. The Balaban J connectivity index is 2.98. The van der Waals surface area contributed by atoms with Crippen molar-refractivity contribution in [1.82, 2.24) is 0 Å². The van der Waals surface area contributed by atoms with Gasteiger partial charge in [0.25, 0.3) is 0 Å². The molecule has 78 valence electrons. The lowest BCUT2D eigenvalue weighted by molar-refractivity contribution is -0.114. The van der Waals surface area contributed by atoms with E-state index >= 15 is 0 Å². The van der Waals surface area contributed by atoms with Crippen LogP contribution in [0.15, 0.2) is 18.2 Å². The van der Waals surface area contributed by atoms with Gasteiger partial charge in [-0.2, -0.15) is 5.26 Å². The standard InChI is InChI=1S/C10H11N3O2/c1-15-9-4-7(5-11)2-3-8(9)13-10(14)6-12/h2-4H,6,12H2,1H3,(H,13,14). The number of nitrogens with two attached hydrogens (primary N) is 1. The second-order valence-corrected chi connectivity index (χ2v) is 2.78. The lowest BCUT2D eigenvalue weighted by Crippen LogP contribution is -2.22. The largest absolute Gasteiger partial charge is 0.495 e. The number of nitrogens with zero attached hydrogens (tertiary/aromatic N) is 1. The molecule has 0 saturated heterocycles. The van der Waals surface area contributed by atoms with Gasteiger partial charge in [-0.25, -0.2) is 0 Å². The topological polar surface area (TPSA) is 88.1 Å². The molecular weight excluding hydrogens is 194 g/mol. The molecule has 0 radical (unpaired) electrons. The first kappa shape index (κ1) is 11.0. The van der Waals surface area contributed by atoms with E-state index in [0.29, 0.717) is 17.0 Å². The van der Waals surface area contributed by atoms with E-state index in [4.69, 9.17) is 15.7 Å². The Hall–Kier alpha value is -2.06. The number of rotatable bonds is 3. The van der Waals surface area contributed by atoms with Crippen LogP contribution in [0, 0.1) is 11.3 Å². The molecule has 0 aromatic heterocycles. The highest BCUT2D eigenvalue weighted by molar-refractivity contribution is 5.93. The third-order valence-corrected chi connectivity index (χ3v) is 1.79. The number of anilines is 1. The minimum absolute atomic E-state index is 0.0941. The molecule has 0 unspecified atom stereocenters. The summed E-state index contributed by atoms with van der Waals surface area (Å²) < 4.78 is 5.03. The van der Waals surface area contributed by atoms with Crippen molar-refractivity contribution in [1.29, 1.82) is 5.26 Å². The van der Waals surface area contributed by atoms with Crippen molar-refractivity contribution in [3.63, 3.8) is 0 Å². The maximum atomic E-state index is 11.0. The van der Waals surface area contributed by atoms with E-state index < -0.39 is 0 Å². The Kier molecular flexibility index (Phi) is 3.66. The average molecular weight is 205 g/mol. The van der Waals surface area contributed by atoms with Gasteiger partial charge in [-0.05, 0) is 12.1 Å². The number of nitriles is 1. The second kappa shape index (κ2) is 4.98. The van der Waals surface area contributed by atoms with Gasteiger partial charge in [-0.3, -0.25) is 4.79 Å². The average Bonchev–Trinajstić information content (AvgIpc) is 2.29. The molecule has 1 amide bonds. The zero-order valence-electron chi connectivity index (χ0n) is 8.28. The fourth-order valence-electron chi connectivity index (χ4n) is 1.07. The lowest BCUT2D eigenvalue weighted by atomic mass is 10.2. The van der Waals surface area contributed by atoms with Crippen molar-refractivity contribution in [2.75, 3.05) is 19.0 Å². The molecule has 0 saturated carbocycles. The highest BCUT2D eigenvalue weighted by Crippen LogP contribution is 2.24. The monoisotopic (exact) mass is 205 g/mol. The summed E-state index contributed by atoms with van der Waals surface area (Å²) in [6, 6.07) is 6.72.